The molecule has 1 aliphatic heterocycles. The van der Waals surface area contributed by atoms with Gasteiger partial charge in [0.15, 0.2) is 0 Å². The van der Waals surface area contributed by atoms with Crippen LogP contribution in [0.4, 0.5) is 0 Å². The molecule has 4 nitrogen and oxygen atoms in total. The highest BCUT2D eigenvalue weighted by molar-refractivity contribution is 5.85. The van der Waals surface area contributed by atoms with Crippen LogP contribution in [0.1, 0.15) is 46.8 Å². The molecule has 1 N–H and O–H groups in total. The van der Waals surface area contributed by atoms with Gasteiger partial charge in [-0.1, -0.05) is 84.4 Å². The number of nitrogens with zero attached hydrogens (tertiary/aromatic N) is 1. The highest BCUT2D eigenvalue weighted by atomic mass is 16.5. The van der Waals surface area contributed by atoms with E-state index in [1.807, 2.05) is 18.2 Å². The number of aliphatic carboxylic acids is 1. The number of likely N-dealkylation sites (tertiary alicyclic amines) is 1. The minimum atomic E-state index is -0.930. The Morgan fingerprint density at radius 2 is 1.61 bits per heavy atom. The van der Waals surface area contributed by atoms with Crippen molar-refractivity contribution in [1.82, 2.24) is 4.90 Å². The molecule has 0 bridgehead atoms. The lowest BCUT2D eigenvalue weighted by Crippen LogP contribution is -2.37. The zero-order valence-corrected chi connectivity index (χ0v) is 19.1. The van der Waals surface area contributed by atoms with E-state index in [4.69, 9.17) is 9.84 Å². The Morgan fingerprint density at radius 3 is 2.24 bits per heavy atom. The van der Waals surface area contributed by atoms with Crippen LogP contribution in [0.3, 0.4) is 0 Å². The molecule has 3 aromatic carbocycles. The third kappa shape index (κ3) is 6.64. The quantitative estimate of drug-likeness (QED) is 0.445. The summed E-state index contributed by atoms with van der Waals surface area (Å²) in [5.74, 6) is -0.930. The lowest BCUT2D eigenvalue weighted by Gasteiger charge is -2.34. The molecule has 0 saturated carbocycles. The van der Waals surface area contributed by atoms with Crippen molar-refractivity contribution in [3.8, 4) is 0 Å². The van der Waals surface area contributed by atoms with Crippen LogP contribution >= 0.6 is 0 Å². The lowest BCUT2D eigenvalue weighted by atomic mass is 9.99. The molecule has 1 atom stereocenters. The maximum atomic E-state index is 10.7. The molecule has 1 heterocycles. The number of carbonyl (C=O) groups is 1. The smallest absolute Gasteiger partial charge is 0.328 e. The Bertz CT molecular complexity index is 1050. The van der Waals surface area contributed by atoms with Crippen molar-refractivity contribution in [3.63, 3.8) is 0 Å². The average molecular weight is 442 g/mol. The van der Waals surface area contributed by atoms with Crippen LogP contribution in [-0.2, 0) is 16.1 Å². The highest BCUT2D eigenvalue weighted by Gasteiger charge is 2.24. The molecule has 0 spiro atoms. The Balaban J connectivity index is 1.34. The summed E-state index contributed by atoms with van der Waals surface area (Å²) in [7, 11) is 0. The molecule has 4 heteroatoms. The highest BCUT2D eigenvalue weighted by Crippen LogP contribution is 2.30. The van der Waals surface area contributed by atoms with Crippen LogP contribution in [0.2, 0.25) is 0 Å². The maximum absolute atomic E-state index is 10.7. The number of hydrogen-bond acceptors (Lipinski definition) is 3. The zero-order chi connectivity index (χ0) is 23.0. The largest absolute Gasteiger partial charge is 0.478 e. The van der Waals surface area contributed by atoms with E-state index in [1.54, 1.807) is 6.08 Å². The van der Waals surface area contributed by atoms with Crippen molar-refractivity contribution >= 4 is 12.0 Å². The molecule has 170 valence electrons. The Kier molecular flexibility index (Phi) is 7.71. The second-order valence-electron chi connectivity index (χ2n) is 8.73. The first-order valence-corrected chi connectivity index (χ1v) is 11.6. The fraction of sp³-hybridized carbons (Fsp3) is 0.276. The van der Waals surface area contributed by atoms with Gasteiger partial charge in [-0.05, 0) is 48.1 Å². The second-order valence-corrected chi connectivity index (χ2v) is 8.73. The van der Waals surface area contributed by atoms with Crippen LogP contribution in [-0.4, -0.2) is 35.2 Å². The summed E-state index contributed by atoms with van der Waals surface area (Å²) < 4.78 is 6.68. The van der Waals surface area contributed by atoms with Crippen molar-refractivity contribution < 1.29 is 14.6 Å². The minimum Gasteiger partial charge on any atom is -0.478 e. The van der Waals surface area contributed by atoms with Gasteiger partial charge in [0.05, 0.1) is 6.10 Å². The fourth-order valence-electron chi connectivity index (χ4n) is 4.27. The normalized spacial score (nSPS) is 16.2. The number of hydrogen-bond donors (Lipinski definition) is 1. The first-order chi connectivity index (χ1) is 16.1. The van der Waals surface area contributed by atoms with E-state index in [9.17, 15) is 4.79 Å². The molecule has 1 fully saturated rings. The van der Waals surface area contributed by atoms with Gasteiger partial charge in [-0.25, -0.2) is 4.79 Å². The zero-order valence-electron chi connectivity index (χ0n) is 19.1. The first kappa shape index (κ1) is 23.0. The van der Waals surface area contributed by atoms with Gasteiger partial charge in [-0.15, -0.1) is 0 Å². The SMILES string of the molecule is Cc1ccc(C(OC2CCN(Cc3ccc(C=CC(=O)O)cc3)CC2)c2ccccc2)cc1. The molecular weight excluding hydrogens is 410 g/mol. The molecule has 1 saturated heterocycles. The summed E-state index contributed by atoms with van der Waals surface area (Å²) >= 11 is 0. The van der Waals surface area contributed by atoms with E-state index in [1.165, 1.54) is 28.3 Å². The lowest BCUT2D eigenvalue weighted by molar-refractivity contribution is -0.131. The number of aryl methyl sites for hydroxylation is 1. The van der Waals surface area contributed by atoms with Gasteiger partial charge in [0, 0.05) is 25.7 Å². The Hall–Kier alpha value is -3.21. The van der Waals surface area contributed by atoms with Crippen molar-refractivity contribution in [2.75, 3.05) is 13.1 Å². The fourth-order valence-corrected chi connectivity index (χ4v) is 4.27. The van der Waals surface area contributed by atoms with Crippen LogP contribution in [0.25, 0.3) is 6.08 Å². The first-order valence-electron chi connectivity index (χ1n) is 11.6. The van der Waals surface area contributed by atoms with E-state index in [0.717, 1.165) is 38.0 Å². The summed E-state index contributed by atoms with van der Waals surface area (Å²) in [5, 5.41) is 8.76. The van der Waals surface area contributed by atoms with Crippen molar-refractivity contribution in [1.29, 1.82) is 0 Å². The summed E-state index contributed by atoms with van der Waals surface area (Å²) in [4.78, 5) is 13.1. The average Bonchev–Trinajstić information content (AvgIpc) is 2.84. The monoisotopic (exact) mass is 441 g/mol. The number of carboxylic acid groups (broad SMARTS) is 1. The third-order valence-corrected chi connectivity index (χ3v) is 6.15. The predicted molar refractivity (Wildman–Crippen MR) is 132 cm³/mol. The second kappa shape index (κ2) is 11.1. The predicted octanol–water partition coefficient (Wildman–Crippen LogP) is 5.86. The van der Waals surface area contributed by atoms with Crippen LogP contribution in [0, 0.1) is 6.92 Å². The standard InChI is InChI=1S/C29H31NO3/c1-22-7-14-26(15-8-22)29(25-5-3-2-4-6-25)33-27-17-19-30(20-18-27)21-24-11-9-23(10-12-24)13-16-28(31)32/h2-16,27,29H,17-21H2,1H3,(H,31,32). The summed E-state index contributed by atoms with van der Waals surface area (Å²) in [6.07, 6.45) is 4.99. The molecule has 33 heavy (non-hydrogen) atoms. The van der Waals surface area contributed by atoms with E-state index < -0.39 is 5.97 Å². The molecule has 1 aliphatic rings. The Labute approximate surface area is 196 Å². The number of benzene rings is 3. The molecule has 0 radical (unpaired) electrons. The minimum absolute atomic E-state index is 0.0465. The molecular formula is C29H31NO3. The van der Waals surface area contributed by atoms with Crippen LogP contribution < -0.4 is 0 Å². The topological polar surface area (TPSA) is 49.8 Å². The maximum Gasteiger partial charge on any atom is 0.328 e. The van der Waals surface area contributed by atoms with E-state index in [0.29, 0.717) is 0 Å². The third-order valence-electron chi connectivity index (χ3n) is 6.15. The van der Waals surface area contributed by atoms with Gasteiger partial charge in [0.1, 0.15) is 6.10 Å². The van der Waals surface area contributed by atoms with Gasteiger partial charge in [-0.2, -0.15) is 0 Å². The van der Waals surface area contributed by atoms with Crippen molar-refractivity contribution in [3.05, 3.63) is 113 Å². The van der Waals surface area contributed by atoms with Gasteiger partial charge in [0.2, 0.25) is 0 Å². The number of rotatable bonds is 8. The molecule has 0 amide bonds. The number of ether oxygens (including phenoxy) is 1. The molecule has 1 unspecified atom stereocenters. The molecule has 0 aliphatic carbocycles. The van der Waals surface area contributed by atoms with Gasteiger partial charge < -0.3 is 9.84 Å². The number of carboxylic acids is 1. The van der Waals surface area contributed by atoms with Crippen LogP contribution in [0.5, 0.6) is 0 Å². The van der Waals surface area contributed by atoms with Gasteiger partial charge in [0.25, 0.3) is 0 Å². The van der Waals surface area contributed by atoms with E-state index >= 15 is 0 Å². The molecule has 0 aromatic heterocycles. The van der Waals surface area contributed by atoms with Crippen LogP contribution in [0.15, 0.2) is 84.9 Å². The van der Waals surface area contributed by atoms with Crippen molar-refractivity contribution in [2.24, 2.45) is 0 Å². The van der Waals surface area contributed by atoms with Crippen molar-refractivity contribution in [2.45, 2.75) is 38.5 Å². The molecule has 4 rings (SSSR count). The van der Waals surface area contributed by atoms with Gasteiger partial charge in [-0.3, -0.25) is 4.90 Å². The van der Waals surface area contributed by atoms with E-state index in [2.05, 4.69) is 72.5 Å². The van der Waals surface area contributed by atoms with Gasteiger partial charge >= 0.3 is 5.97 Å². The summed E-state index contributed by atoms with van der Waals surface area (Å²) in [5.41, 5.74) is 5.79. The molecule has 3 aromatic rings. The summed E-state index contributed by atoms with van der Waals surface area (Å²) in [6, 6.07) is 27.2. The Morgan fingerprint density at radius 1 is 0.970 bits per heavy atom. The van der Waals surface area contributed by atoms with E-state index in [-0.39, 0.29) is 12.2 Å². The summed E-state index contributed by atoms with van der Waals surface area (Å²) in [6.45, 7) is 5.01. The number of piperidine rings is 1.